The Hall–Kier alpha value is -2.22. The third-order valence-electron chi connectivity index (χ3n) is 4.64. The van der Waals surface area contributed by atoms with Crippen LogP contribution in [0.3, 0.4) is 0 Å². The number of aromatic nitrogens is 1. The molecule has 0 saturated carbocycles. The van der Waals surface area contributed by atoms with Crippen LogP contribution >= 0.6 is 11.3 Å². The highest BCUT2D eigenvalue weighted by molar-refractivity contribution is 7.11. The van der Waals surface area contributed by atoms with Crippen LogP contribution in [0, 0.1) is 24.5 Å². The van der Waals surface area contributed by atoms with E-state index in [2.05, 4.69) is 32.4 Å². The minimum Gasteiger partial charge on any atom is -0.371 e. The van der Waals surface area contributed by atoms with Gasteiger partial charge in [-0.2, -0.15) is 0 Å². The first-order valence-electron chi connectivity index (χ1n) is 9.11. The lowest BCUT2D eigenvalue weighted by molar-refractivity contribution is 0.508. The fourth-order valence-electron chi connectivity index (χ4n) is 3.18. The molecule has 3 rings (SSSR count). The molecule has 1 aliphatic rings. The van der Waals surface area contributed by atoms with Crippen molar-refractivity contribution in [3.05, 3.63) is 45.9 Å². The average molecular weight is 394 g/mol. The Labute approximate surface area is 162 Å². The number of hydrogen-bond donors (Lipinski definition) is 2. The molecule has 0 radical (unpaired) electrons. The zero-order valence-electron chi connectivity index (χ0n) is 15.6. The molecule has 0 aliphatic carbocycles. The van der Waals surface area contributed by atoms with Gasteiger partial charge in [0, 0.05) is 62.5 Å². The standard InChI is InChI=1S/C19H25F2N5S/c1-13-10-24-18(27-13)5-7-23-19(22-2)25-11-14-6-8-26(12-14)15-3-4-16(20)17(21)9-15/h3-4,9-10,14H,5-8,11-12H2,1-2H3,(H2,22,23,25). The van der Waals surface area contributed by atoms with E-state index in [0.29, 0.717) is 5.92 Å². The average Bonchev–Trinajstić information content (AvgIpc) is 3.29. The van der Waals surface area contributed by atoms with Crippen molar-refractivity contribution in [1.82, 2.24) is 15.6 Å². The van der Waals surface area contributed by atoms with Crippen LogP contribution in [-0.2, 0) is 6.42 Å². The van der Waals surface area contributed by atoms with Gasteiger partial charge >= 0.3 is 0 Å². The SMILES string of the molecule is CN=C(NCCc1ncc(C)s1)NCC1CCN(c2ccc(F)c(F)c2)C1. The van der Waals surface area contributed by atoms with Gasteiger partial charge in [-0.3, -0.25) is 4.99 Å². The van der Waals surface area contributed by atoms with E-state index in [-0.39, 0.29) is 0 Å². The van der Waals surface area contributed by atoms with Gasteiger partial charge in [0.1, 0.15) is 0 Å². The van der Waals surface area contributed by atoms with Crippen molar-refractivity contribution < 1.29 is 8.78 Å². The number of thiazole rings is 1. The van der Waals surface area contributed by atoms with Crippen LogP contribution < -0.4 is 15.5 Å². The zero-order valence-corrected chi connectivity index (χ0v) is 16.5. The van der Waals surface area contributed by atoms with Gasteiger partial charge in [-0.25, -0.2) is 13.8 Å². The molecule has 2 N–H and O–H groups in total. The van der Waals surface area contributed by atoms with E-state index in [9.17, 15) is 8.78 Å². The van der Waals surface area contributed by atoms with Crippen LogP contribution in [0.2, 0.25) is 0 Å². The molecule has 1 aliphatic heterocycles. The topological polar surface area (TPSA) is 52.6 Å². The highest BCUT2D eigenvalue weighted by Gasteiger charge is 2.23. The van der Waals surface area contributed by atoms with Gasteiger partial charge in [-0.15, -0.1) is 11.3 Å². The fourth-order valence-corrected chi connectivity index (χ4v) is 3.97. The van der Waals surface area contributed by atoms with Gasteiger partial charge in [0.05, 0.1) is 5.01 Å². The number of nitrogens with one attached hydrogen (secondary N) is 2. The number of aryl methyl sites for hydroxylation is 1. The van der Waals surface area contributed by atoms with Crippen molar-refractivity contribution in [2.45, 2.75) is 19.8 Å². The summed E-state index contributed by atoms with van der Waals surface area (Å²) >= 11 is 1.71. The summed E-state index contributed by atoms with van der Waals surface area (Å²) in [5.74, 6) is -0.402. The number of rotatable bonds is 6. The summed E-state index contributed by atoms with van der Waals surface area (Å²) in [7, 11) is 1.76. The third-order valence-corrected chi connectivity index (χ3v) is 5.61. The smallest absolute Gasteiger partial charge is 0.191 e. The van der Waals surface area contributed by atoms with Crippen molar-refractivity contribution >= 4 is 23.0 Å². The van der Waals surface area contributed by atoms with E-state index in [4.69, 9.17) is 0 Å². The summed E-state index contributed by atoms with van der Waals surface area (Å²) < 4.78 is 26.5. The molecule has 0 bridgehead atoms. The lowest BCUT2D eigenvalue weighted by atomic mass is 10.1. The molecule has 2 heterocycles. The number of aliphatic imine (C=N–C) groups is 1. The molecular weight excluding hydrogens is 368 g/mol. The first kappa shape index (κ1) is 19.5. The number of halogens is 2. The van der Waals surface area contributed by atoms with E-state index < -0.39 is 11.6 Å². The van der Waals surface area contributed by atoms with E-state index in [1.54, 1.807) is 24.5 Å². The Morgan fingerprint density at radius 1 is 1.33 bits per heavy atom. The summed E-state index contributed by atoms with van der Waals surface area (Å²) in [5, 5.41) is 7.78. The Morgan fingerprint density at radius 3 is 2.89 bits per heavy atom. The van der Waals surface area contributed by atoms with Crippen molar-refractivity contribution in [1.29, 1.82) is 0 Å². The second kappa shape index (κ2) is 9.12. The van der Waals surface area contributed by atoms with Crippen LogP contribution in [0.1, 0.15) is 16.3 Å². The van der Waals surface area contributed by atoms with Gasteiger partial charge in [0.15, 0.2) is 17.6 Å². The van der Waals surface area contributed by atoms with E-state index in [1.165, 1.54) is 17.0 Å². The summed E-state index contributed by atoms with van der Waals surface area (Å²) in [6.07, 6.45) is 3.76. The van der Waals surface area contributed by atoms with E-state index >= 15 is 0 Å². The van der Waals surface area contributed by atoms with Gasteiger partial charge in [-0.05, 0) is 31.4 Å². The number of guanidine groups is 1. The maximum atomic E-state index is 13.4. The number of hydrogen-bond acceptors (Lipinski definition) is 4. The summed E-state index contributed by atoms with van der Waals surface area (Å²) in [6.45, 7) is 5.27. The molecule has 8 heteroatoms. The molecule has 0 amide bonds. The molecule has 1 atom stereocenters. The van der Waals surface area contributed by atoms with Crippen molar-refractivity contribution in [3.63, 3.8) is 0 Å². The predicted molar refractivity (Wildman–Crippen MR) is 107 cm³/mol. The molecular formula is C19H25F2N5S. The van der Waals surface area contributed by atoms with E-state index in [1.807, 2.05) is 6.20 Å². The minimum absolute atomic E-state index is 0.429. The lowest BCUT2D eigenvalue weighted by Crippen LogP contribution is -2.41. The number of nitrogens with zero attached hydrogens (tertiary/aromatic N) is 3. The molecule has 2 aromatic rings. The maximum Gasteiger partial charge on any atom is 0.191 e. The van der Waals surface area contributed by atoms with Crippen LogP contribution in [0.4, 0.5) is 14.5 Å². The normalized spacial score (nSPS) is 17.4. The second-order valence-electron chi connectivity index (χ2n) is 6.69. The Kier molecular flexibility index (Phi) is 6.60. The molecule has 0 spiro atoms. The summed E-state index contributed by atoms with van der Waals surface area (Å²) in [4.78, 5) is 11.9. The quantitative estimate of drug-likeness (QED) is 0.585. The monoisotopic (exact) mass is 393 g/mol. The summed E-state index contributed by atoms with van der Waals surface area (Å²) in [6, 6.07) is 4.09. The van der Waals surface area contributed by atoms with Gasteiger partial charge < -0.3 is 15.5 Å². The molecule has 27 heavy (non-hydrogen) atoms. The molecule has 1 aromatic heterocycles. The molecule has 1 aromatic carbocycles. The Balaban J connectivity index is 1.41. The first-order valence-corrected chi connectivity index (χ1v) is 9.92. The predicted octanol–water partition coefficient (Wildman–Crippen LogP) is 2.96. The first-order chi connectivity index (χ1) is 13.0. The van der Waals surface area contributed by atoms with Gasteiger partial charge in [0.2, 0.25) is 0 Å². The largest absolute Gasteiger partial charge is 0.371 e. The molecule has 5 nitrogen and oxygen atoms in total. The second-order valence-corrected chi connectivity index (χ2v) is 8.01. The molecule has 1 fully saturated rings. The third kappa shape index (κ3) is 5.38. The lowest BCUT2D eigenvalue weighted by Gasteiger charge is -2.19. The van der Waals surface area contributed by atoms with Crippen LogP contribution in [0.15, 0.2) is 29.4 Å². The van der Waals surface area contributed by atoms with Crippen LogP contribution in [0.5, 0.6) is 0 Å². The van der Waals surface area contributed by atoms with Crippen molar-refractivity contribution in [2.24, 2.45) is 10.9 Å². The van der Waals surface area contributed by atoms with Crippen LogP contribution in [-0.4, -0.2) is 44.2 Å². The van der Waals surface area contributed by atoms with Gasteiger partial charge in [-0.1, -0.05) is 0 Å². The maximum absolute atomic E-state index is 13.4. The summed E-state index contributed by atoms with van der Waals surface area (Å²) in [5.41, 5.74) is 0.734. The number of anilines is 1. The zero-order chi connectivity index (χ0) is 19.2. The minimum atomic E-state index is -0.807. The molecule has 1 saturated heterocycles. The van der Waals surface area contributed by atoms with Crippen molar-refractivity contribution in [2.75, 3.05) is 38.1 Å². The van der Waals surface area contributed by atoms with E-state index in [0.717, 1.165) is 55.7 Å². The molecule has 146 valence electrons. The fraction of sp³-hybridized carbons (Fsp3) is 0.474. The van der Waals surface area contributed by atoms with Crippen LogP contribution in [0.25, 0.3) is 0 Å². The Bertz CT molecular complexity index is 792. The molecule has 1 unspecified atom stereocenters. The van der Waals surface area contributed by atoms with Crippen molar-refractivity contribution in [3.8, 4) is 0 Å². The highest BCUT2D eigenvalue weighted by Crippen LogP contribution is 2.25. The number of benzene rings is 1. The Morgan fingerprint density at radius 2 is 2.19 bits per heavy atom. The highest BCUT2D eigenvalue weighted by atomic mass is 32.1. The van der Waals surface area contributed by atoms with Gasteiger partial charge in [0.25, 0.3) is 0 Å².